The summed E-state index contributed by atoms with van der Waals surface area (Å²) in [5.41, 5.74) is 0.519. The maximum atomic E-state index is 12.4. The molecule has 0 atom stereocenters. The van der Waals surface area contributed by atoms with Gasteiger partial charge in [-0.2, -0.15) is 0 Å². The number of hydrogen-bond donors (Lipinski definition) is 2. The molecule has 30 heavy (non-hydrogen) atoms. The van der Waals surface area contributed by atoms with Gasteiger partial charge in [-0.25, -0.2) is 9.97 Å². The molecule has 0 radical (unpaired) electrons. The number of carbonyl (C=O) groups excluding carboxylic acids is 1. The van der Waals surface area contributed by atoms with Crippen molar-refractivity contribution in [2.24, 2.45) is 0 Å². The predicted molar refractivity (Wildman–Crippen MR) is 105 cm³/mol. The molecular weight excluding hydrogens is 425 g/mol. The van der Waals surface area contributed by atoms with Gasteiger partial charge in [0.1, 0.15) is 16.4 Å². The van der Waals surface area contributed by atoms with Crippen molar-refractivity contribution in [2.45, 2.75) is 39.2 Å². The van der Waals surface area contributed by atoms with Gasteiger partial charge in [-0.15, -0.1) is 13.2 Å². The molecule has 2 aromatic heterocycles. The number of amides is 1. The first-order valence-corrected chi connectivity index (χ1v) is 9.14. The van der Waals surface area contributed by atoms with E-state index in [0.717, 1.165) is 12.1 Å². The summed E-state index contributed by atoms with van der Waals surface area (Å²) in [4.78, 5) is 21.0. The fourth-order valence-corrected chi connectivity index (χ4v) is 2.90. The molecule has 0 aliphatic rings. The Morgan fingerprint density at radius 1 is 1.23 bits per heavy atom. The van der Waals surface area contributed by atoms with Crippen LogP contribution in [0.1, 0.15) is 25.8 Å². The van der Waals surface area contributed by atoms with Crippen LogP contribution in [0.2, 0.25) is 5.15 Å². The Hall–Kier alpha value is -2.85. The Balaban J connectivity index is 2.06. The number of nitrogens with one attached hydrogen (secondary N) is 1. The van der Waals surface area contributed by atoms with E-state index in [9.17, 15) is 23.1 Å². The number of halogens is 4. The van der Waals surface area contributed by atoms with E-state index in [1.165, 1.54) is 30.5 Å². The van der Waals surface area contributed by atoms with Gasteiger partial charge in [-0.3, -0.25) is 14.7 Å². The van der Waals surface area contributed by atoms with Crippen LogP contribution in [0.5, 0.6) is 5.75 Å². The summed E-state index contributed by atoms with van der Waals surface area (Å²) in [6.45, 7) is 4.71. The summed E-state index contributed by atoms with van der Waals surface area (Å²) in [5, 5.41) is 12.7. The van der Waals surface area contributed by atoms with Crippen LogP contribution in [0, 0.1) is 6.92 Å². The van der Waals surface area contributed by atoms with Crippen LogP contribution in [0.25, 0.3) is 16.9 Å². The first kappa shape index (κ1) is 21.8. The normalized spacial score (nSPS) is 12.3. The summed E-state index contributed by atoms with van der Waals surface area (Å²) >= 11 is 6.13. The third kappa shape index (κ3) is 5.19. The number of aromatic nitrogens is 3. The second-order valence-corrected chi connectivity index (χ2v) is 7.65. The molecule has 160 valence electrons. The number of anilines is 1. The van der Waals surface area contributed by atoms with E-state index in [1.807, 2.05) is 0 Å². The van der Waals surface area contributed by atoms with E-state index in [1.54, 1.807) is 13.0 Å². The van der Waals surface area contributed by atoms with Gasteiger partial charge in [0, 0.05) is 0 Å². The van der Waals surface area contributed by atoms with Crippen LogP contribution in [-0.4, -0.2) is 37.5 Å². The van der Waals surface area contributed by atoms with Gasteiger partial charge in [-0.1, -0.05) is 11.6 Å². The summed E-state index contributed by atoms with van der Waals surface area (Å²) in [7, 11) is 0. The number of hydrogen-bond acceptors (Lipinski definition) is 5. The van der Waals surface area contributed by atoms with Gasteiger partial charge in [0.2, 0.25) is 11.9 Å². The molecule has 0 unspecified atom stereocenters. The van der Waals surface area contributed by atoms with E-state index >= 15 is 0 Å². The van der Waals surface area contributed by atoms with Crippen molar-refractivity contribution < 1.29 is 27.8 Å². The van der Waals surface area contributed by atoms with Gasteiger partial charge in [0.15, 0.2) is 5.65 Å². The van der Waals surface area contributed by atoms with Gasteiger partial charge in [0.05, 0.1) is 17.7 Å². The fourth-order valence-electron chi connectivity index (χ4n) is 2.77. The number of pyridine rings is 1. The standard InChI is InChI=1S/C19H18ClF3N4O3/c1-10-8-13-16(26-15(10)20)27(17(24-13)25-14(28)9-18(2,3)29)11-4-6-12(7-5-11)30-19(21,22)23/h4-8,29H,9H2,1-3H3,(H,24,25,28). The maximum Gasteiger partial charge on any atom is 0.573 e. The topological polar surface area (TPSA) is 89.3 Å². The van der Waals surface area contributed by atoms with Crippen molar-refractivity contribution in [3.63, 3.8) is 0 Å². The second-order valence-electron chi connectivity index (χ2n) is 7.29. The molecule has 7 nitrogen and oxygen atoms in total. The number of ether oxygens (including phenoxy) is 1. The van der Waals surface area contributed by atoms with Crippen LogP contribution < -0.4 is 10.1 Å². The minimum atomic E-state index is -4.81. The largest absolute Gasteiger partial charge is 0.573 e. The molecule has 1 amide bonds. The lowest BCUT2D eigenvalue weighted by molar-refractivity contribution is -0.274. The smallest absolute Gasteiger partial charge is 0.406 e. The number of fused-ring (bicyclic) bond motifs is 1. The monoisotopic (exact) mass is 442 g/mol. The highest BCUT2D eigenvalue weighted by Gasteiger charge is 2.31. The molecule has 0 saturated carbocycles. The number of benzene rings is 1. The number of aryl methyl sites for hydroxylation is 1. The van der Waals surface area contributed by atoms with Crippen LogP contribution in [0.15, 0.2) is 30.3 Å². The van der Waals surface area contributed by atoms with Crippen molar-refractivity contribution in [1.82, 2.24) is 14.5 Å². The number of imidazole rings is 1. The van der Waals surface area contributed by atoms with Crippen LogP contribution >= 0.6 is 11.6 Å². The summed E-state index contributed by atoms with van der Waals surface area (Å²) in [6.07, 6.45) is -5.01. The zero-order chi connectivity index (χ0) is 22.3. The first-order valence-electron chi connectivity index (χ1n) is 8.76. The molecule has 3 rings (SSSR count). The number of rotatable bonds is 5. The molecular formula is C19H18ClF3N4O3. The summed E-state index contributed by atoms with van der Waals surface area (Å²) in [5.74, 6) is -0.818. The Bertz CT molecular complexity index is 1090. The van der Waals surface area contributed by atoms with Gasteiger partial charge in [-0.05, 0) is 56.7 Å². The van der Waals surface area contributed by atoms with Crippen LogP contribution in [-0.2, 0) is 4.79 Å². The molecule has 2 N–H and O–H groups in total. The second kappa shape index (κ2) is 7.77. The van der Waals surface area contributed by atoms with Crippen molar-refractivity contribution in [3.8, 4) is 11.4 Å². The summed E-state index contributed by atoms with van der Waals surface area (Å²) < 4.78 is 42.6. The van der Waals surface area contributed by atoms with Crippen molar-refractivity contribution >= 4 is 34.6 Å². The SMILES string of the molecule is Cc1cc2nc(NC(=O)CC(C)(C)O)n(-c3ccc(OC(F)(F)F)cc3)c2nc1Cl. The average Bonchev–Trinajstić information content (AvgIpc) is 2.89. The van der Waals surface area contributed by atoms with Crippen molar-refractivity contribution in [2.75, 3.05) is 5.32 Å². The van der Waals surface area contributed by atoms with Crippen molar-refractivity contribution in [3.05, 3.63) is 41.0 Å². The fraction of sp³-hybridized carbons (Fsp3) is 0.316. The highest BCUT2D eigenvalue weighted by atomic mass is 35.5. The third-order valence-electron chi connectivity index (χ3n) is 3.93. The van der Waals surface area contributed by atoms with Gasteiger partial charge >= 0.3 is 6.36 Å². The molecule has 2 heterocycles. The lowest BCUT2D eigenvalue weighted by Gasteiger charge is -2.16. The summed E-state index contributed by atoms with van der Waals surface area (Å²) in [6, 6.07) is 6.67. The minimum absolute atomic E-state index is 0.0814. The zero-order valence-electron chi connectivity index (χ0n) is 16.2. The van der Waals surface area contributed by atoms with E-state index < -0.39 is 23.6 Å². The Labute approximate surface area is 174 Å². The van der Waals surface area contributed by atoms with E-state index in [4.69, 9.17) is 11.6 Å². The maximum absolute atomic E-state index is 12.4. The van der Waals surface area contributed by atoms with Crippen molar-refractivity contribution in [1.29, 1.82) is 0 Å². The number of carbonyl (C=O) groups is 1. The average molecular weight is 443 g/mol. The highest BCUT2D eigenvalue weighted by molar-refractivity contribution is 6.30. The van der Waals surface area contributed by atoms with Crippen LogP contribution in [0.3, 0.4) is 0 Å². The lowest BCUT2D eigenvalue weighted by atomic mass is 10.1. The number of alkyl halides is 3. The molecule has 3 aromatic rings. The minimum Gasteiger partial charge on any atom is -0.406 e. The highest BCUT2D eigenvalue weighted by Crippen LogP contribution is 2.29. The zero-order valence-corrected chi connectivity index (χ0v) is 17.0. The third-order valence-corrected chi connectivity index (χ3v) is 4.32. The molecule has 0 bridgehead atoms. The number of nitrogens with zero attached hydrogens (tertiary/aromatic N) is 3. The lowest BCUT2D eigenvalue weighted by Crippen LogP contribution is -2.28. The van der Waals surface area contributed by atoms with E-state index in [0.29, 0.717) is 22.4 Å². The predicted octanol–water partition coefficient (Wildman–Crippen LogP) is 4.38. The molecule has 1 aromatic carbocycles. The van der Waals surface area contributed by atoms with Crippen LogP contribution in [0.4, 0.5) is 19.1 Å². The first-order chi connectivity index (χ1) is 13.8. The quantitative estimate of drug-likeness (QED) is 0.572. The van der Waals surface area contributed by atoms with Gasteiger partial charge in [0.25, 0.3) is 0 Å². The molecule has 0 aliphatic carbocycles. The molecule has 0 fully saturated rings. The van der Waals surface area contributed by atoms with E-state index in [-0.39, 0.29) is 17.5 Å². The van der Waals surface area contributed by atoms with E-state index in [2.05, 4.69) is 20.0 Å². The molecule has 0 spiro atoms. The molecule has 0 saturated heterocycles. The number of aliphatic hydroxyl groups is 1. The Morgan fingerprint density at radius 2 is 1.87 bits per heavy atom. The van der Waals surface area contributed by atoms with Gasteiger partial charge < -0.3 is 9.84 Å². The Morgan fingerprint density at radius 3 is 2.43 bits per heavy atom. The Kier molecular flexibility index (Phi) is 5.66. The molecule has 11 heteroatoms. The molecule has 0 aliphatic heterocycles.